The molecule has 1 heterocycles. The predicted molar refractivity (Wildman–Crippen MR) is 58.4 cm³/mol. The van der Waals surface area contributed by atoms with Crippen LogP contribution in [0.15, 0.2) is 18.2 Å². The van der Waals surface area contributed by atoms with Crippen molar-refractivity contribution in [3.8, 4) is 5.75 Å². The van der Waals surface area contributed by atoms with Crippen molar-refractivity contribution >= 4 is 19.3 Å². The smallest absolute Gasteiger partial charge is 0.200 e. The lowest BCUT2D eigenvalue weighted by molar-refractivity contribution is 0.259. The first-order valence-corrected chi connectivity index (χ1v) is 4.78. The summed E-state index contributed by atoms with van der Waals surface area (Å²) in [4.78, 5) is 10.5. The van der Waals surface area contributed by atoms with Gasteiger partial charge in [0.2, 0.25) is 7.85 Å². The van der Waals surface area contributed by atoms with Crippen LogP contribution in [-0.4, -0.2) is 26.8 Å². The van der Waals surface area contributed by atoms with Crippen LogP contribution in [0.5, 0.6) is 5.75 Å². The minimum Gasteiger partial charge on any atom is -0.490 e. The molecule has 0 bridgehead atoms. The average Bonchev–Trinajstić information content (AvgIpc) is 2.26. The van der Waals surface area contributed by atoms with Gasteiger partial charge in [0.1, 0.15) is 12.4 Å². The first-order chi connectivity index (χ1) is 7.25. The van der Waals surface area contributed by atoms with Crippen molar-refractivity contribution in [1.82, 2.24) is 5.32 Å². The van der Waals surface area contributed by atoms with Gasteiger partial charge in [-0.15, -0.1) is 0 Å². The Morgan fingerprint density at radius 2 is 2.47 bits per heavy atom. The first-order valence-electron chi connectivity index (χ1n) is 4.78. The molecular formula is C10H11BN2O2. The fourth-order valence-corrected chi connectivity index (χ4v) is 1.49. The van der Waals surface area contributed by atoms with Crippen molar-refractivity contribution in [2.45, 2.75) is 6.54 Å². The minimum atomic E-state index is -0.517. The van der Waals surface area contributed by atoms with E-state index in [1.807, 2.05) is 18.2 Å². The third-order valence-electron chi connectivity index (χ3n) is 2.19. The van der Waals surface area contributed by atoms with Crippen LogP contribution >= 0.6 is 0 Å². The molecule has 5 heteroatoms. The Morgan fingerprint density at radius 3 is 3.27 bits per heavy atom. The van der Waals surface area contributed by atoms with E-state index in [9.17, 15) is 4.79 Å². The van der Waals surface area contributed by atoms with Crippen molar-refractivity contribution < 1.29 is 9.53 Å². The summed E-state index contributed by atoms with van der Waals surface area (Å²) in [6.45, 7) is 1.93. The van der Waals surface area contributed by atoms with E-state index in [0.29, 0.717) is 13.2 Å². The highest BCUT2D eigenvalue weighted by Gasteiger charge is 2.09. The van der Waals surface area contributed by atoms with Crippen molar-refractivity contribution in [3.63, 3.8) is 0 Å². The molecule has 2 N–H and O–H groups in total. The molecule has 4 nitrogen and oxygen atoms in total. The number of hydrogen-bond acceptors (Lipinski definition) is 3. The Hall–Kier alpha value is -1.65. The van der Waals surface area contributed by atoms with Crippen molar-refractivity contribution in [3.05, 3.63) is 23.8 Å². The van der Waals surface area contributed by atoms with Gasteiger partial charge in [-0.25, -0.2) is 0 Å². The van der Waals surface area contributed by atoms with E-state index < -0.39 is 5.81 Å². The number of carbonyl (C=O) groups excluding carboxylic acids is 1. The van der Waals surface area contributed by atoms with Gasteiger partial charge in [0.05, 0.1) is 5.69 Å². The molecule has 0 atom stereocenters. The highest BCUT2D eigenvalue weighted by Crippen LogP contribution is 2.27. The van der Waals surface area contributed by atoms with Crippen LogP contribution in [0.3, 0.4) is 0 Å². The molecule has 1 amide bonds. The number of carbonyl (C=O) groups is 1. The Balaban J connectivity index is 2.10. The van der Waals surface area contributed by atoms with E-state index in [1.54, 1.807) is 0 Å². The molecule has 1 aliphatic rings. The maximum absolute atomic E-state index is 10.5. The molecule has 1 aliphatic heterocycles. The zero-order valence-electron chi connectivity index (χ0n) is 8.25. The predicted octanol–water partition coefficient (Wildman–Crippen LogP) is 0.869. The second-order valence-corrected chi connectivity index (χ2v) is 3.32. The van der Waals surface area contributed by atoms with Crippen LogP contribution < -0.4 is 15.4 Å². The van der Waals surface area contributed by atoms with E-state index >= 15 is 0 Å². The fraction of sp³-hybridized carbons (Fsp3) is 0.300. The lowest BCUT2D eigenvalue weighted by Crippen LogP contribution is -2.21. The molecule has 0 aromatic heterocycles. The Morgan fingerprint density at radius 1 is 1.60 bits per heavy atom. The van der Waals surface area contributed by atoms with Gasteiger partial charge < -0.3 is 15.4 Å². The lowest BCUT2D eigenvalue weighted by atomic mass is 10.1. The van der Waals surface area contributed by atoms with Crippen molar-refractivity contribution in [1.29, 1.82) is 0 Å². The quantitative estimate of drug-likeness (QED) is 0.699. The monoisotopic (exact) mass is 202 g/mol. The Bertz CT molecular complexity index is 382. The second-order valence-electron chi connectivity index (χ2n) is 3.32. The van der Waals surface area contributed by atoms with Crippen LogP contribution in [0.25, 0.3) is 0 Å². The van der Waals surface area contributed by atoms with Crippen LogP contribution in [-0.2, 0) is 6.54 Å². The SMILES string of the molecule is [B]C(=O)NCc1ccc2c(c1)NCCO2. The van der Waals surface area contributed by atoms with Gasteiger partial charge in [0.25, 0.3) is 0 Å². The lowest BCUT2D eigenvalue weighted by Gasteiger charge is -2.19. The second kappa shape index (κ2) is 4.25. The molecule has 2 radical (unpaired) electrons. The maximum Gasteiger partial charge on any atom is 0.200 e. The standard InChI is InChI=1S/C10H11BN2O2/c11-10(14)13-6-7-1-2-9-8(5-7)12-3-4-15-9/h1-2,5,12H,3-4,6H2,(H,13,14). The van der Waals surface area contributed by atoms with E-state index in [2.05, 4.69) is 10.6 Å². The van der Waals surface area contributed by atoms with E-state index in [1.165, 1.54) is 0 Å². The highest BCUT2D eigenvalue weighted by atomic mass is 16.5. The van der Waals surface area contributed by atoms with Crippen LogP contribution in [0, 0.1) is 0 Å². The fourth-order valence-electron chi connectivity index (χ4n) is 1.49. The molecule has 0 fully saturated rings. The molecule has 0 aliphatic carbocycles. The molecule has 0 saturated heterocycles. The number of amides is 1. The Kier molecular flexibility index (Phi) is 2.80. The van der Waals surface area contributed by atoms with Crippen LogP contribution in [0.4, 0.5) is 10.5 Å². The minimum absolute atomic E-state index is 0.435. The zero-order chi connectivity index (χ0) is 10.7. The van der Waals surface area contributed by atoms with Gasteiger partial charge in [0, 0.05) is 13.1 Å². The average molecular weight is 202 g/mol. The van der Waals surface area contributed by atoms with Gasteiger partial charge >= 0.3 is 0 Å². The molecular weight excluding hydrogens is 191 g/mol. The molecule has 2 rings (SSSR count). The third-order valence-corrected chi connectivity index (χ3v) is 2.19. The molecule has 0 spiro atoms. The summed E-state index contributed by atoms with van der Waals surface area (Å²) in [5.74, 6) is 0.334. The molecule has 1 aromatic rings. The van der Waals surface area contributed by atoms with Crippen LogP contribution in [0.1, 0.15) is 5.56 Å². The van der Waals surface area contributed by atoms with E-state index in [-0.39, 0.29) is 0 Å². The molecule has 15 heavy (non-hydrogen) atoms. The third kappa shape index (κ3) is 2.43. The summed E-state index contributed by atoms with van der Waals surface area (Å²) in [6.07, 6.45) is 0. The summed E-state index contributed by atoms with van der Waals surface area (Å²) >= 11 is 0. The summed E-state index contributed by atoms with van der Waals surface area (Å²) in [5, 5.41) is 5.76. The number of anilines is 1. The molecule has 1 aromatic carbocycles. The van der Waals surface area contributed by atoms with Gasteiger partial charge in [-0.2, -0.15) is 0 Å². The summed E-state index contributed by atoms with van der Waals surface area (Å²) in [5.41, 5.74) is 1.95. The number of hydrogen-bond donors (Lipinski definition) is 2. The zero-order valence-corrected chi connectivity index (χ0v) is 8.25. The van der Waals surface area contributed by atoms with Crippen molar-refractivity contribution in [2.75, 3.05) is 18.5 Å². The van der Waals surface area contributed by atoms with Crippen LogP contribution in [0.2, 0.25) is 0 Å². The largest absolute Gasteiger partial charge is 0.490 e. The highest BCUT2D eigenvalue weighted by molar-refractivity contribution is 6.57. The number of nitrogens with one attached hydrogen (secondary N) is 2. The molecule has 76 valence electrons. The van der Waals surface area contributed by atoms with Gasteiger partial charge in [-0.1, -0.05) is 6.07 Å². The summed E-state index contributed by atoms with van der Waals surface area (Å²) < 4.78 is 5.43. The number of rotatable bonds is 2. The topological polar surface area (TPSA) is 50.4 Å². The normalized spacial score (nSPS) is 13.3. The van der Waals surface area contributed by atoms with Gasteiger partial charge in [-0.3, -0.25) is 4.79 Å². The molecule has 0 unspecified atom stereocenters. The summed E-state index contributed by atoms with van der Waals surface area (Å²) in [7, 11) is 4.99. The van der Waals surface area contributed by atoms with E-state index in [0.717, 1.165) is 23.5 Å². The van der Waals surface area contributed by atoms with Gasteiger partial charge in [-0.05, 0) is 17.7 Å². The maximum atomic E-state index is 10.5. The Labute approximate surface area is 89.4 Å². The van der Waals surface area contributed by atoms with Gasteiger partial charge in [0.15, 0.2) is 5.81 Å². The van der Waals surface area contributed by atoms with Crippen molar-refractivity contribution in [2.24, 2.45) is 0 Å². The number of ether oxygens (including phenoxy) is 1. The summed E-state index contributed by atoms with van der Waals surface area (Å²) in [6, 6.07) is 5.74. The van der Waals surface area contributed by atoms with E-state index in [4.69, 9.17) is 12.6 Å². The first kappa shape index (κ1) is 9.89. The number of fused-ring (bicyclic) bond motifs is 1. The molecule has 0 saturated carbocycles. The number of benzene rings is 1.